The lowest BCUT2D eigenvalue weighted by molar-refractivity contribution is -0.119. The molecule has 1 unspecified atom stereocenters. The van der Waals surface area contributed by atoms with Gasteiger partial charge in [0.1, 0.15) is 4.90 Å². The highest BCUT2D eigenvalue weighted by Gasteiger charge is 2.30. The van der Waals surface area contributed by atoms with Crippen LogP contribution in [0.25, 0.3) is 10.2 Å². The third kappa shape index (κ3) is 4.36. The van der Waals surface area contributed by atoms with Gasteiger partial charge in [-0.25, -0.2) is 13.4 Å². The van der Waals surface area contributed by atoms with Gasteiger partial charge in [-0.05, 0) is 37.1 Å². The molecule has 1 aliphatic heterocycles. The van der Waals surface area contributed by atoms with Crippen molar-refractivity contribution in [2.24, 2.45) is 0 Å². The Balaban J connectivity index is 1.58. The summed E-state index contributed by atoms with van der Waals surface area (Å²) in [6.45, 7) is 0.709. The average molecular weight is 447 g/mol. The Morgan fingerprint density at radius 1 is 1.27 bits per heavy atom. The minimum Gasteiger partial charge on any atom is -0.376 e. The maximum absolute atomic E-state index is 13.2. The SMILES string of the molecule is CN(CC(=O)N(CC1CCCO1)c1nc2ccccc2s1)S(=O)(=O)c1cccnc1. The van der Waals surface area contributed by atoms with Crippen LogP contribution in [-0.4, -0.2) is 61.4 Å². The number of benzene rings is 1. The van der Waals surface area contributed by atoms with E-state index in [1.807, 2.05) is 24.3 Å². The van der Waals surface area contributed by atoms with E-state index in [-0.39, 0.29) is 23.5 Å². The van der Waals surface area contributed by atoms with E-state index in [2.05, 4.69) is 9.97 Å². The predicted octanol–water partition coefficient (Wildman–Crippen LogP) is 2.52. The molecule has 0 radical (unpaired) electrons. The Morgan fingerprint density at radius 2 is 2.10 bits per heavy atom. The minimum absolute atomic E-state index is 0.0472. The zero-order valence-electron chi connectivity index (χ0n) is 16.5. The summed E-state index contributed by atoms with van der Waals surface area (Å²) in [4.78, 5) is 23.3. The van der Waals surface area contributed by atoms with Crippen LogP contribution in [0.1, 0.15) is 12.8 Å². The number of ether oxygens (including phenoxy) is 1. The van der Waals surface area contributed by atoms with Crippen LogP contribution < -0.4 is 4.90 Å². The van der Waals surface area contributed by atoms with E-state index in [9.17, 15) is 13.2 Å². The van der Waals surface area contributed by atoms with Crippen molar-refractivity contribution in [2.45, 2.75) is 23.8 Å². The standard InChI is InChI=1S/C20H22N4O4S2/c1-23(30(26,27)16-7-4-10-21-12-16)14-19(25)24(13-15-6-5-11-28-15)20-22-17-8-2-3-9-18(17)29-20/h2-4,7-10,12,15H,5-6,11,13-14H2,1H3. The van der Waals surface area contributed by atoms with Gasteiger partial charge in [-0.2, -0.15) is 4.31 Å². The van der Waals surface area contributed by atoms with Crippen molar-refractivity contribution in [1.29, 1.82) is 0 Å². The first-order valence-electron chi connectivity index (χ1n) is 9.59. The fraction of sp³-hybridized carbons (Fsp3) is 0.350. The van der Waals surface area contributed by atoms with Crippen LogP contribution in [0.3, 0.4) is 0 Å². The lowest BCUT2D eigenvalue weighted by Crippen LogP contribution is -2.44. The number of hydrogen-bond acceptors (Lipinski definition) is 7. The number of aromatic nitrogens is 2. The molecule has 1 amide bonds. The lowest BCUT2D eigenvalue weighted by atomic mass is 10.2. The van der Waals surface area contributed by atoms with Gasteiger partial charge in [0.25, 0.3) is 0 Å². The summed E-state index contributed by atoms with van der Waals surface area (Å²) in [5, 5.41) is 0.545. The predicted molar refractivity (Wildman–Crippen MR) is 115 cm³/mol. The van der Waals surface area contributed by atoms with Crippen LogP contribution in [0.4, 0.5) is 5.13 Å². The highest BCUT2D eigenvalue weighted by atomic mass is 32.2. The highest BCUT2D eigenvalue weighted by Crippen LogP contribution is 2.30. The van der Waals surface area contributed by atoms with E-state index in [1.54, 1.807) is 11.0 Å². The Morgan fingerprint density at radius 3 is 2.80 bits per heavy atom. The molecule has 0 saturated carbocycles. The first kappa shape index (κ1) is 20.9. The average Bonchev–Trinajstić information content (AvgIpc) is 3.41. The monoisotopic (exact) mass is 446 g/mol. The summed E-state index contributed by atoms with van der Waals surface area (Å²) in [6, 6.07) is 10.7. The molecule has 1 aromatic carbocycles. The number of fused-ring (bicyclic) bond motifs is 1. The topological polar surface area (TPSA) is 92.7 Å². The number of pyridine rings is 1. The van der Waals surface area contributed by atoms with Gasteiger partial charge in [-0.15, -0.1) is 0 Å². The molecular weight excluding hydrogens is 424 g/mol. The normalized spacial score (nSPS) is 16.9. The fourth-order valence-corrected chi connectivity index (χ4v) is 5.37. The maximum Gasteiger partial charge on any atom is 0.244 e. The zero-order chi connectivity index (χ0) is 21.1. The van der Waals surface area contributed by atoms with Gasteiger partial charge < -0.3 is 4.74 Å². The van der Waals surface area contributed by atoms with Crippen LogP contribution in [0.15, 0.2) is 53.7 Å². The summed E-state index contributed by atoms with van der Waals surface area (Å²) >= 11 is 1.41. The van der Waals surface area contributed by atoms with Crippen LogP contribution in [0.2, 0.25) is 0 Å². The third-order valence-corrected chi connectivity index (χ3v) is 7.77. The summed E-state index contributed by atoms with van der Waals surface area (Å²) < 4.78 is 33.3. The fourth-order valence-electron chi connectivity index (χ4n) is 3.29. The molecule has 10 heteroatoms. The van der Waals surface area contributed by atoms with Crippen LogP contribution in [0, 0.1) is 0 Å². The van der Waals surface area contributed by atoms with Crippen molar-refractivity contribution in [3.05, 3.63) is 48.8 Å². The van der Waals surface area contributed by atoms with Crippen molar-refractivity contribution in [3.8, 4) is 0 Å². The van der Waals surface area contributed by atoms with E-state index in [1.165, 1.54) is 36.8 Å². The van der Waals surface area contributed by atoms with E-state index >= 15 is 0 Å². The first-order chi connectivity index (χ1) is 14.4. The molecule has 30 heavy (non-hydrogen) atoms. The molecule has 0 spiro atoms. The number of rotatable bonds is 7. The van der Waals surface area contributed by atoms with Crippen LogP contribution >= 0.6 is 11.3 Å². The number of hydrogen-bond donors (Lipinski definition) is 0. The second-order valence-corrected chi connectivity index (χ2v) is 10.1. The number of sulfonamides is 1. The molecular formula is C20H22N4O4S2. The second-order valence-electron chi connectivity index (χ2n) is 7.05. The van der Waals surface area contributed by atoms with E-state index in [4.69, 9.17) is 4.74 Å². The Kier molecular flexibility index (Phi) is 6.09. The van der Waals surface area contributed by atoms with Crippen molar-refractivity contribution in [1.82, 2.24) is 14.3 Å². The van der Waals surface area contributed by atoms with Crippen molar-refractivity contribution in [2.75, 3.05) is 31.6 Å². The second kappa shape index (κ2) is 8.76. The number of thiazole rings is 1. The summed E-state index contributed by atoms with van der Waals surface area (Å²) in [7, 11) is -2.43. The molecule has 0 bridgehead atoms. The maximum atomic E-state index is 13.2. The molecule has 8 nitrogen and oxygen atoms in total. The van der Waals surface area contributed by atoms with Gasteiger partial charge >= 0.3 is 0 Å². The smallest absolute Gasteiger partial charge is 0.244 e. The molecule has 1 aliphatic rings. The lowest BCUT2D eigenvalue weighted by Gasteiger charge is -2.25. The van der Waals surface area contributed by atoms with Crippen molar-refractivity contribution >= 4 is 42.6 Å². The summed E-state index contributed by atoms with van der Waals surface area (Å²) in [5.74, 6) is -0.348. The third-order valence-electron chi connectivity index (χ3n) is 4.93. The molecule has 1 atom stereocenters. The van der Waals surface area contributed by atoms with Gasteiger partial charge in [-0.3, -0.25) is 14.7 Å². The number of likely N-dealkylation sites (N-methyl/N-ethyl adjacent to an activating group) is 1. The largest absolute Gasteiger partial charge is 0.376 e. The van der Waals surface area contributed by atoms with E-state index < -0.39 is 10.0 Å². The van der Waals surface area contributed by atoms with Crippen LogP contribution in [-0.2, 0) is 19.6 Å². The number of carbonyl (C=O) groups excluding carboxylic acids is 1. The molecule has 1 saturated heterocycles. The zero-order valence-corrected chi connectivity index (χ0v) is 18.1. The van der Waals surface area contributed by atoms with Gasteiger partial charge in [0.2, 0.25) is 15.9 Å². The Labute approximate surface area is 179 Å². The number of carbonyl (C=O) groups is 1. The number of nitrogens with zero attached hydrogens (tertiary/aromatic N) is 4. The molecule has 3 aromatic rings. The molecule has 4 rings (SSSR count). The minimum atomic E-state index is -3.83. The van der Waals surface area contributed by atoms with Gasteiger partial charge in [0.15, 0.2) is 5.13 Å². The van der Waals surface area contributed by atoms with Gasteiger partial charge in [0.05, 0.1) is 29.4 Å². The summed E-state index contributed by atoms with van der Waals surface area (Å²) in [6.07, 6.45) is 4.50. The molecule has 0 N–H and O–H groups in total. The number of para-hydroxylation sites is 1. The molecule has 0 aliphatic carbocycles. The quantitative estimate of drug-likeness (QED) is 0.554. The number of anilines is 1. The van der Waals surface area contributed by atoms with Gasteiger partial charge in [-0.1, -0.05) is 23.5 Å². The molecule has 158 valence electrons. The first-order valence-corrected chi connectivity index (χ1v) is 11.8. The highest BCUT2D eigenvalue weighted by molar-refractivity contribution is 7.89. The van der Waals surface area contributed by atoms with Crippen LogP contribution in [0.5, 0.6) is 0 Å². The number of amides is 1. The van der Waals surface area contributed by atoms with E-state index in [0.29, 0.717) is 18.3 Å². The van der Waals surface area contributed by atoms with Gasteiger partial charge in [0, 0.05) is 26.0 Å². The van der Waals surface area contributed by atoms with Crippen molar-refractivity contribution < 1.29 is 17.9 Å². The Hall–Kier alpha value is -2.40. The van der Waals surface area contributed by atoms with Crippen molar-refractivity contribution in [3.63, 3.8) is 0 Å². The molecule has 3 heterocycles. The van der Waals surface area contributed by atoms with E-state index in [0.717, 1.165) is 27.4 Å². The summed E-state index contributed by atoms with van der Waals surface area (Å²) in [5.41, 5.74) is 0.805. The Bertz CT molecular complexity index is 1090. The molecule has 2 aromatic heterocycles. The molecule has 1 fully saturated rings.